The molecular formula is C8H15NO3S. The maximum atomic E-state index is 11.2. The summed E-state index contributed by atoms with van der Waals surface area (Å²) >= 11 is -1.22. The van der Waals surface area contributed by atoms with Crippen LogP contribution in [0.3, 0.4) is 0 Å². The fourth-order valence-electron chi connectivity index (χ4n) is 1.45. The van der Waals surface area contributed by atoms with E-state index in [-0.39, 0.29) is 12.0 Å². The molecule has 2 atom stereocenters. The molecule has 76 valence electrons. The maximum absolute atomic E-state index is 11.2. The molecule has 0 aromatic heterocycles. The number of nitrogens with zero attached hydrogens (tertiary/aromatic N) is 1. The SMILES string of the molecule is CCC(=O)N1CCC(OS(C)=O)C1. The van der Waals surface area contributed by atoms with Crippen molar-refractivity contribution < 1.29 is 13.2 Å². The number of hydrogen-bond acceptors (Lipinski definition) is 3. The first kappa shape index (κ1) is 10.7. The Hall–Kier alpha value is -0.420. The van der Waals surface area contributed by atoms with E-state index in [0.717, 1.165) is 13.0 Å². The fourth-order valence-corrected chi connectivity index (χ4v) is 1.99. The van der Waals surface area contributed by atoms with Gasteiger partial charge in [-0.2, -0.15) is 0 Å². The van der Waals surface area contributed by atoms with Crippen LogP contribution in [-0.4, -0.2) is 40.5 Å². The van der Waals surface area contributed by atoms with E-state index in [1.54, 1.807) is 4.90 Å². The van der Waals surface area contributed by atoms with Gasteiger partial charge in [-0.25, -0.2) is 4.21 Å². The van der Waals surface area contributed by atoms with Gasteiger partial charge in [0.25, 0.3) is 0 Å². The van der Waals surface area contributed by atoms with Crippen LogP contribution >= 0.6 is 0 Å². The van der Waals surface area contributed by atoms with E-state index in [0.29, 0.717) is 13.0 Å². The first-order valence-electron chi connectivity index (χ1n) is 4.41. The van der Waals surface area contributed by atoms with E-state index in [4.69, 9.17) is 4.18 Å². The van der Waals surface area contributed by atoms with Gasteiger partial charge in [0.15, 0.2) is 11.1 Å². The molecule has 0 aromatic rings. The lowest BCUT2D eigenvalue weighted by atomic mass is 10.3. The number of carbonyl (C=O) groups excluding carboxylic acids is 1. The third kappa shape index (κ3) is 3.08. The molecule has 1 fully saturated rings. The average molecular weight is 205 g/mol. The molecule has 5 heteroatoms. The molecule has 4 nitrogen and oxygen atoms in total. The molecule has 0 saturated carbocycles. The molecule has 2 unspecified atom stereocenters. The highest BCUT2D eigenvalue weighted by Crippen LogP contribution is 2.14. The highest BCUT2D eigenvalue weighted by atomic mass is 32.2. The number of rotatable bonds is 3. The average Bonchev–Trinajstić information content (AvgIpc) is 2.50. The van der Waals surface area contributed by atoms with Gasteiger partial charge in [-0.1, -0.05) is 6.92 Å². The summed E-state index contributed by atoms with van der Waals surface area (Å²) in [5, 5.41) is 0. The van der Waals surface area contributed by atoms with E-state index in [1.807, 2.05) is 6.92 Å². The molecule has 1 rings (SSSR count). The van der Waals surface area contributed by atoms with E-state index in [9.17, 15) is 9.00 Å². The van der Waals surface area contributed by atoms with Crippen molar-refractivity contribution in [2.24, 2.45) is 0 Å². The van der Waals surface area contributed by atoms with Gasteiger partial charge in [-0.15, -0.1) is 0 Å². The number of hydrogen-bond donors (Lipinski definition) is 0. The second kappa shape index (κ2) is 4.72. The van der Waals surface area contributed by atoms with Crippen LogP contribution < -0.4 is 0 Å². The lowest BCUT2D eigenvalue weighted by Gasteiger charge is -2.14. The Kier molecular flexibility index (Phi) is 3.87. The van der Waals surface area contributed by atoms with E-state index in [2.05, 4.69) is 0 Å². The summed E-state index contributed by atoms with van der Waals surface area (Å²) in [6.45, 7) is 3.16. The van der Waals surface area contributed by atoms with Crippen molar-refractivity contribution >= 4 is 17.0 Å². The summed E-state index contributed by atoms with van der Waals surface area (Å²) in [7, 11) is 0. The van der Waals surface area contributed by atoms with E-state index >= 15 is 0 Å². The molecule has 1 saturated heterocycles. The Labute approximate surface area is 80.9 Å². The Bertz CT molecular complexity index is 219. The standard InChI is InChI=1S/C8H15NO3S/c1-3-8(10)9-5-4-7(6-9)12-13(2)11/h7H,3-6H2,1-2H3. The predicted molar refractivity (Wildman–Crippen MR) is 50.4 cm³/mol. The van der Waals surface area contributed by atoms with Crippen LogP contribution in [0.15, 0.2) is 0 Å². The first-order valence-corrected chi connectivity index (χ1v) is 5.90. The molecule has 0 spiro atoms. The van der Waals surface area contributed by atoms with Gasteiger partial charge < -0.3 is 4.90 Å². The Morgan fingerprint density at radius 3 is 2.92 bits per heavy atom. The fraction of sp³-hybridized carbons (Fsp3) is 0.875. The Morgan fingerprint density at radius 1 is 1.69 bits per heavy atom. The van der Waals surface area contributed by atoms with Crippen molar-refractivity contribution in [2.45, 2.75) is 25.9 Å². The lowest BCUT2D eigenvalue weighted by molar-refractivity contribution is -0.130. The zero-order valence-electron chi connectivity index (χ0n) is 7.99. The van der Waals surface area contributed by atoms with Crippen molar-refractivity contribution in [3.63, 3.8) is 0 Å². The topological polar surface area (TPSA) is 46.6 Å². The number of likely N-dealkylation sites (tertiary alicyclic amines) is 1. The van der Waals surface area contributed by atoms with Gasteiger partial charge in [0, 0.05) is 25.8 Å². The molecule has 1 amide bonds. The molecule has 0 aliphatic carbocycles. The normalized spacial score (nSPS) is 24.8. The van der Waals surface area contributed by atoms with Crippen molar-refractivity contribution in [3.8, 4) is 0 Å². The van der Waals surface area contributed by atoms with Gasteiger partial charge in [0.2, 0.25) is 5.91 Å². The van der Waals surface area contributed by atoms with Crippen LogP contribution in [-0.2, 0) is 20.1 Å². The van der Waals surface area contributed by atoms with Crippen LogP contribution in [0.1, 0.15) is 19.8 Å². The van der Waals surface area contributed by atoms with Crippen molar-refractivity contribution in [1.82, 2.24) is 4.90 Å². The van der Waals surface area contributed by atoms with E-state index < -0.39 is 11.1 Å². The Balaban J connectivity index is 2.36. The lowest BCUT2D eigenvalue weighted by Crippen LogP contribution is -2.29. The summed E-state index contributed by atoms with van der Waals surface area (Å²) in [6.07, 6.45) is 2.79. The molecule has 0 radical (unpaired) electrons. The van der Waals surface area contributed by atoms with Gasteiger partial charge in [-0.05, 0) is 6.42 Å². The maximum Gasteiger partial charge on any atom is 0.222 e. The quantitative estimate of drug-likeness (QED) is 0.666. The highest BCUT2D eigenvalue weighted by Gasteiger charge is 2.26. The number of amides is 1. The third-order valence-corrected chi connectivity index (χ3v) is 2.61. The van der Waals surface area contributed by atoms with Gasteiger partial charge in [0.05, 0.1) is 6.10 Å². The summed E-state index contributed by atoms with van der Waals surface area (Å²) in [6, 6.07) is 0. The summed E-state index contributed by atoms with van der Waals surface area (Å²) in [5.74, 6) is 0.146. The summed E-state index contributed by atoms with van der Waals surface area (Å²) in [4.78, 5) is 13.0. The minimum absolute atomic E-state index is 0.0404. The second-order valence-corrected chi connectivity index (χ2v) is 4.10. The molecule has 0 bridgehead atoms. The van der Waals surface area contributed by atoms with Gasteiger partial charge in [0.1, 0.15) is 0 Å². The largest absolute Gasteiger partial charge is 0.340 e. The van der Waals surface area contributed by atoms with Crippen LogP contribution in [0.2, 0.25) is 0 Å². The van der Waals surface area contributed by atoms with Crippen LogP contribution in [0.25, 0.3) is 0 Å². The van der Waals surface area contributed by atoms with Gasteiger partial charge >= 0.3 is 0 Å². The zero-order chi connectivity index (χ0) is 9.84. The zero-order valence-corrected chi connectivity index (χ0v) is 8.80. The highest BCUT2D eigenvalue weighted by molar-refractivity contribution is 7.79. The first-order chi connectivity index (χ1) is 6.13. The van der Waals surface area contributed by atoms with Crippen molar-refractivity contribution in [1.29, 1.82) is 0 Å². The molecule has 1 heterocycles. The third-order valence-electron chi connectivity index (χ3n) is 2.07. The van der Waals surface area contributed by atoms with Gasteiger partial charge in [-0.3, -0.25) is 8.98 Å². The predicted octanol–water partition coefficient (Wildman–Crippen LogP) is 0.307. The van der Waals surface area contributed by atoms with E-state index in [1.165, 1.54) is 6.26 Å². The van der Waals surface area contributed by atoms with Crippen LogP contribution in [0.4, 0.5) is 0 Å². The van der Waals surface area contributed by atoms with Crippen molar-refractivity contribution in [2.75, 3.05) is 19.3 Å². The monoisotopic (exact) mass is 205 g/mol. The van der Waals surface area contributed by atoms with Crippen LogP contribution in [0, 0.1) is 0 Å². The molecule has 0 N–H and O–H groups in total. The molecule has 1 aliphatic heterocycles. The number of carbonyl (C=O) groups is 1. The molecular weight excluding hydrogens is 190 g/mol. The summed E-state index contributed by atoms with van der Waals surface area (Å²) < 4.78 is 15.8. The summed E-state index contributed by atoms with van der Waals surface area (Å²) in [5.41, 5.74) is 0. The molecule has 13 heavy (non-hydrogen) atoms. The minimum atomic E-state index is -1.22. The molecule has 0 aromatic carbocycles. The Morgan fingerprint density at radius 2 is 2.38 bits per heavy atom. The minimum Gasteiger partial charge on any atom is -0.340 e. The second-order valence-electron chi connectivity index (χ2n) is 3.10. The van der Waals surface area contributed by atoms with Crippen molar-refractivity contribution in [3.05, 3.63) is 0 Å². The van der Waals surface area contributed by atoms with Crippen LogP contribution in [0.5, 0.6) is 0 Å². The smallest absolute Gasteiger partial charge is 0.222 e. The molecule has 1 aliphatic rings.